The molecule has 0 saturated heterocycles. The smallest absolute Gasteiger partial charge is 0.241 e. The molecule has 1 amide bonds. The van der Waals surface area contributed by atoms with Gasteiger partial charge in [-0.05, 0) is 25.0 Å². The molecule has 2 heterocycles. The van der Waals surface area contributed by atoms with E-state index in [4.69, 9.17) is 4.42 Å². The number of rotatable bonds is 3. The minimum absolute atomic E-state index is 0.00223. The van der Waals surface area contributed by atoms with Crippen molar-refractivity contribution in [2.45, 2.75) is 32.9 Å². The first kappa shape index (κ1) is 12.9. The molecule has 1 aliphatic rings. The number of aryl methyl sites for hydroxylation is 2. The highest BCUT2D eigenvalue weighted by Crippen LogP contribution is 2.22. The van der Waals surface area contributed by atoms with Gasteiger partial charge in [0.2, 0.25) is 5.91 Å². The summed E-state index contributed by atoms with van der Waals surface area (Å²) in [5.74, 6) is 1.43. The minimum atomic E-state index is -0.241. The number of nitrogens with zero attached hydrogens (tertiary/aromatic N) is 1. The van der Waals surface area contributed by atoms with Crippen molar-refractivity contribution < 1.29 is 9.21 Å². The van der Waals surface area contributed by atoms with E-state index >= 15 is 0 Å². The van der Waals surface area contributed by atoms with Crippen molar-refractivity contribution in [3.05, 3.63) is 47.2 Å². The Morgan fingerprint density at radius 2 is 2.20 bits per heavy atom. The summed E-state index contributed by atoms with van der Waals surface area (Å²) in [5, 5.41) is 6.16. The van der Waals surface area contributed by atoms with Crippen LogP contribution in [0.4, 0.5) is 5.69 Å². The fourth-order valence-corrected chi connectivity index (χ4v) is 2.47. The van der Waals surface area contributed by atoms with Gasteiger partial charge in [-0.25, -0.2) is 4.98 Å². The predicted octanol–water partition coefficient (Wildman–Crippen LogP) is 1.94. The van der Waals surface area contributed by atoms with Gasteiger partial charge in [-0.15, -0.1) is 0 Å². The van der Waals surface area contributed by atoms with Crippen LogP contribution in [-0.2, 0) is 17.8 Å². The maximum atomic E-state index is 12.0. The number of para-hydroxylation sites is 1. The molecule has 0 fully saturated rings. The Balaban J connectivity index is 1.70. The molecule has 0 radical (unpaired) electrons. The van der Waals surface area contributed by atoms with E-state index < -0.39 is 0 Å². The average Bonchev–Trinajstić information content (AvgIpc) is 2.74. The standard InChI is InChI=1S/C15H17N3O2/c1-9-14(20-10(2)17-9)8-16-13-7-11-5-3-4-6-12(11)18-15(13)19/h3-6,13,16H,7-8H2,1-2H3,(H,18,19). The van der Waals surface area contributed by atoms with E-state index in [0.717, 1.165) is 22.7 Å². The molecule has 1 unspecified atom stereocenters. The number of aromatic nitrogens is 1. The number of carbonyl (C=O) groups is 1. The number of carbonyl (C=O) groups excluding carboxylic acids is 1. The van der Waals surface area contributed by atoms with Crippen molar-refractivity contribution in [3.63, 3.8) is 0 Å². The Morgan fingerprint density at radius 1 is 1.40 bits per heavy atom. The van der Waals surface area contributed by atoms with Crippen LogP contribution in [0.1, 0.15) is 22.9 Å². The molecule has 3 rings (SSSR count). The third-order valence-corrected chi connectivity index (χ3v) is 3.52. The van der Waals surface area contributed by atoms with E-state index in [1.54, 1.807) is 0 Å². The molecular weight excluding hydrogens is 254 g/mol. The zero-order valence-electron chi connectivity index (χ0n) is 11.6. The van der Waals surface area contributed by atoms with Crippen molar-refractivity contribution in [2.75, 3.05) is 5.32 Å². The maximum Gasteiger partial charge on any atom is 0.241 e. The normalized spacial score (nSPS) is 17.7. The van der Waals surface area contributed by atoms with Crippen LogP contribution in [-0.4, -0.2) is 16.9 Å². The Bertz CT molecular complexity index is 648. The lowest BCUT2D eigenvalue weighted by Gasteiger charge is -2.25. The van der Waals surface area contributed by atoms with Gasteiger partial charge in [0.1, 0.15) is 5.76 Å². The number of oxazole rings is 1. The van der Waals surface area contributed by atoms with Crippen molar-refractivity contribution in [1.82, 2.24) is 10.3 Å². The second kappa shape index (κ2) is 5.09. The summed E-state index contributed by atoms with van der Waals surface area (Å²) in [5.41, 5.74) is 2.92. The molecule has 2 N–H and O–H groups in total. The van der Waals surface area contributed by atoms with Crippen LogP contribution in [0.25, 0.3) is 0 Å². The SMILES string of the molecule is Cc1nc(C)c(CNC2Cc3ccccc3NC2=O)o1. The molecule has 0 spiro atoms. The van der Waals surface area contributed by atoms with E-state index in [1.165, 1.54) is 0 Å². The van der Waals surface area contributed by atoms with Gasteiger partial charge in [0.05, 0.1) is 18.3 Å². The molecule has 104 valence electrons. The molecule has 5 heteroatoms. The minimum Gasteiger partial charge on any atom is -0.444 e. The van der Waals surface area contributed by atoms with E-state index in [2.05, 4.69) is 15.6 Å². The van der Waals surface area contributed by atoms with Crippen molar-refractivity contribution in [2.24, 2.45) is 0 Å². The van der Waals surface area contributed by atoms with Gasteiger partial charge in [-0.1, -0.05) is 18.2 Å². The predicted molar refractivity (Wildman–Crippen MR) is 75.4 cm³/mol. The second-order valence-corrected chi connectivity index (χ2v) is 5.03. The molecule has 5 nitrogen and oxygen atoms in total. The lowest BCUT2D eigenvalue weighted by atomic mass is 9.99. The van der Waals surface area contributed by atoms with Crippen LogP contribution < -0.4 is 10.6 Å². The lowest BCUT2D eigenvalue weighted by Crippen LogP contribution is -2.44. The summed E-state index contributed by atoms with van der Waals surface area (Å²) in [4.78, 5) is 16.3. The number of nitrogens with one attached hydrogen (secondary N) is 2. The Morgan fingerprint density at radius 3 is 2.95 bits per heavy atom. The van der Waals surface area contributed by atoms with E-state index in [1.807, 2.05) is 38.1 Å². The molecule has 1 aromatic carbocycles. The summed E-state index contributed by atoms with van der Waals surface area (Å²) in [6, 6.07) is 7.63. The van der Waals surface area contributed by atoms with Gasteiger partial charge in [0.25, 0.3) is 0 Å². The van der Waals surface area contributed by atoms with Crippen LogP contribution in [0.15, 0.2) is 28.7 Å². The van der Waals surface area contributed by atoms with Crippen LogP contribution in [0.5, 0.6) is 0 Å². The third-order valence-electron chi connectivity index (χ3n) is 3.52. The highest BCUT2D eigenvalue weighted by Gasteiger charge is 2.25. The number of benzene rings is 1. The number of amides is 1. The lowest BCUT2D eigenvalue weighted by molar-refractivity contribution is -0.118. The fraction of sp³-hybridized carbons (Fsp3) is 0.333. The molecule has 1 aliphatic heterocycles. The number of hydrogen-bond acceptors (Lipinski definition) is 4. The summed E-state index contributed by atoms with van der Waals surface area (Å²) in [7, 11) is 0. The zero-order chi connectivity index (χ0) is 14.1. The van der Waals surface area contributed by atoms with Gasteiger partial charge >= 0.3 is 0 Å². The molecule has 0 saturated carbocycles. The van der Waals surface area contributed by atoms with Crippen molar-refractivity contribution in [3.8, 4) is 0 Å². The molecule has 1 aromatic heterocycles. The Labute approximate surface area is 117 Å². The topological polar surface area (TPSA) is 67.2 Å². The molecule has 0 bridgehead atoms. The molecule has 20 heavy (non-hydrogen) atoms. The maximum absolute atomic E-state index is 12.0. The first-order chi connectivity index (χ1) is 9.63. The monoisotopic (exact) mass is 271 g/mol. The summed E-state index contributed by atoms with van der Waals surface area (Å²) >= 11 is 0. The number of hydrogen-bond donors (Lipinski definition) is 2. The first-order valence-corrected chi connectivity index (χ1v) is 6.68. The largest absolute Gasteiger partial charge is 0.444 e. The van der Waals surface area contributed by atoms with E-state index in [0.29, 0.717) is 18.9 Å². The summed E-state index contributed by atoms with van der Waals surface area (Å²) < 4.78 is 5.50. The van der Waals surface area contributed by atoms with Crippen LogP contribution >= 0.6 is 0 Å². The second-order valence-electron chi connectivity index (χ2n) is 5.03. The quantitative estimate of drug-likeness (QED) is 0.895. The van der Waals surface area contributed by atoms with Crippen molar-refractivity contribution >= 4 is 11.6 Å². The van der Waals surface area contributed by atoms with Crippen molar-refractivity contribution in [1.29, 1.82) is 0 Å². The van der Waals surface area contributed by atoms with E-state index in [9.17, 15) is 4.79 Å². The molecular formula is C15H17N3O2. The Hall–Kier alpha value is -2.14. The van der Waals surface area contributed by atoms with Crippen LogP contribution in [0, 0.1) is 13.8 Å². The van der Waals surface area contributed by atoms with Gasteiger partial charge in [0.15, 0.2) is 5.89 Å². The van der Waals surface area contributed by atoms with E-state index in [-0.39, 0.29) is 11.9 Å². The molecule has 1 atom stereocenters. The highest BCUT2D eigenvalue weighted by atomic mass is 16.4. The number of fused-ring (bicyclic) bond motifs is 1. The zero-order valence-corrected chi connectivity index (χ0v) is 11.6. The van der Waals surface area contributed by atoms with Gasteiger partial charge in [-0.3, -0.25) is 10.1 Å². The number of anilines is 1. The van der Waals surface area contributed by atoms with Gasteiger partial charge < -0.3 is 9.73 Å². The summed E-state index contributed by atoms with van der Waals surface area (Å²) in [6.45, 7) is 4.23. The fourth-order valence-electron chi connectivity index (χ4n) is 2.47. The van der Waals surface area contributed by atoms with Crippen LogP contribution in [0.2, 0.25) is 0 Å². The third kappa shape index (κ3) is 2.44. The molecule has 0 aliphatic carbocycles. The van der Waals surface area contributed by atoms with Gasteiger partial charge in [0, 0.05) is 12.6 Å². The average molecular weight is 271 g/mol. The summed E-state index contributed by atoms with van der Waals surface area (Å²) in [6.07, 6.45) is 0.689. The van der Waals surface area contributed by atoms with Crippen LogP contribution in [0.3, 0.4) is 0 Å². The highest BCUT2D eigenvalue weighted by molar-refractivity contribution is 5.97. The first-order valence-electron chi connectivity index (χ1n) is 6.68. The molecule has 2 aromatic rings. The Kier molecular flexibility index (Phi) is 3.28. The van der Waals surface area contributed by atoms with Gasteiger partial charge in [-0.2, -0.15) is 0 Å².